The highest BCUT2D eigenvalue weighted by Gasteiger charge is 2.34. The van der Waals surface area contributed by atoms with Crippen molar-refractivity contribution >= 4 is 23.4 Å². The minimum Gasteiger partial charge on any atom is -0.352 e. The molecule has 2 N–H and O–H groups in total. The van der Waals surface area contributed by atoms with E-state index in [1.165, 1.54) is 0 Å². The molecule has 1 fully saturated rings. The second-order valence-corrected chi connectivity index (χ2v) is 7.06. The molecular formula is C19H26N2O4. The maximum Gasteiger partial charge on any atom is 0.287 e. The average molecular weight is 346 g/mol. The van der Waals surface area contributed by atoms with Crippen LogP contribution in [-0.4, -0.2) is 36.5 Å². The van der Waals surface area contributed by atoms with Crippen LogP contribution >= 0.6 is 0 Å². The Morgan fingerprint density at radius 1 is 1.32 bits per heavy atom. The van der Waals surface area contributed by atoms with Crippen LogP contribution in [0.4, 0.5) is 0 Å². The van der Waals surface area contributed by atoms with Gasteiger partial charge in [-0.25, -0.2) is 0 Å². The molecule has 0 radical (unpaired) electrons. The molecule has 0 aromatic carbocycles. The topological polar surface area (TPSA) is 92.3 Å². The number of nitrogens with one attached hydrogen (secondary N) is 2. The second kappa shape index (κ2) is 8.74. The van der Waals surface area contributed by atoms with Crippen molar-refractivity contribution in [1.82, 2.24) is 10.6 Å². The molecule has 6 heteroatoms. The van der Waals surface area contributed by atoms with Gasteiger partial charge >= 0.3 is 0 Å². The van der Waals surface area contributed by atoms with Gasteiger partial charge in [-0.2, -0.15) is 0 Å². The van der Waals surface area contributed by atoms with Crippen molar-refractivity contribution in [3.8, 4) is 0 Å². The number of rotatable bonds is 8. The summed E-state index contributed by atoms with van der Waals surface area (Å²) in [5.74, 6) is -2.40. The molecule has 2 aliphatic rings. The molecule has 6 nitrogen and oxygen atoms in total. The first-order chi connectivity index (χ1) is 11.9. The summed E-state index contributed by atoms with van der Waals surface area (Å²) in [6.45, 7) is 4.70. The molecule has 1 aliphatic carbocycles. The lowest BCUT2D eigenvalue weighted by Gasteiger charge is -2.24. The second-order valence-electron chi connectivity index (χ2n) is 7.06. The van der Waals surface area contributed by atoms with Gasteiger partial charge in [0.25, 0.3) is 5.91 Å². The Morgan fingerprint density at radius 2 is 2.08 bits per heavy atom. The van der Waals surface area contributed by atoms with E-state index >= 15 is 0 Å². The highest BCUT2D eigenvalue weighted by Crippen LogP contribution is 2.23. The molecule has 2 rings (SSSR count). The zero-order valence-corrected chi connectivity index (χ0v) is 14.8. The summed E-state index contributed by atoms with van der Waals surface area (Å²) in [6.07, 6.45) is 7.44. The summed E-state index contributed by atoms with van der Waals surface area (Å²) in [7, 11) is 0. The van der Waals surface area contributed by atoms with Crippen molar-refractivity contribution in [2.45, 2.75) is 39.5 Å². The third kappa shape index (κ3) is 5.37. The molecule has 0 aromatic heterocycles. The standard InChI is InChI=1S/C19H26N2O4/c1-12(2)15(10-17(23)21-11-13-5-3-4-6-13)16(22)9-14-7-8-20-19(25)18(14)24/h3-5,12,14-15H,6-11H2,1-2H3,(H,20,25)(H,21,23). The minimum atomic E-state index is -0.610. The maximum atomic E-state index is 12.6. The molecule has 1 saturated heterocycles. The van der Waals surface area contributed by atoms with Crippen LogP contribution in [0.3, 0.4) is 0 Å². The van der Waals surface area contributed by atoms with E-state index in [0.717, 1.165) is 12.0 Å². The van der Waals surface area contributed by atoms with Gasteiger partial charge in [0.15, 0.2) is 0 Å². The molecule has 2 amide bonds. The number of hydrogen-bond donors (Lipinski definition) is 2. The van der Waals surface area contributed by atoms with E-state index in [1.54, 1.807) is 0 Å². The lowest BCUT2D eigenvalue weighted by Crippen LogP contribution is -2.44. The molecule has 1 heterocycles. The van der Waals surface area contributed by atoms with Crippen LogP contribution in [0.5, 0.6) is 0 Å². The molecular weight excluding hydrogens is 320 g/mol. The van der Waals surface area contributed by atoms with Crippen LogP contribution < -0.4 is 10.6 Å². The molecule has 0 saturated carbocycles. The first kappa shape index (κ1) is 19.1. The van der Waals surface area contributed by atoms with Gasteiger partial charge in [-0.05, 0) is 24.3 Å². The van der Waals surface area contributed by atoms with Crippen molar-refractivity contribution in [2.75, 3.05) is 13.1 Å². The molecule has 1 aliphatic heterocycles. The predicted molar refractivity (Wildman–Crippen MR) is 93.5 cm³/mol. The quantitative estimate of drug-likeness (QED) is 0.648. The molecule has 2 atom stereocenters. The first-order valence-electron chi connectivity index (χ1n) is 8.84. The van der Waals surface area contributed by atoms with E-state index in [1.807, 2.05) is 32.1 Å². The highest BCUT2D eigenvalue weighted by molar-refractivity contribution is 6.37. The fraction of sp³-hybridized carbons (Fsp3) is 0.579. The lowest BCUT2D eigenvalue weighted by atomic mass is 9.81. The van der Waals surface area contributed by atoms with Crippen LogP contribution in [-0.2, 0) is 19.2 Å². The molecule has 0 aromatic rings. The molecule has 0 bridgehead atoms. The van der Waals surface area contributed by atoms with Gasteiger partial charge < -0.3 is 10.6 Å². The average Bonchev–Trinajstić information content (AvgIpc) is 3.08. The van der Waals surface area contributed by atoms with E-state index < -0.39 is 23.5 Å². The number of ketones is 2. The maximum absolute atomic E-state index is 12.6. The van der Waals surface area contributed by atoms with E-state index in [9.17, 15) is 19.2 Å². The van der Waals surface area contributed by atoms with Crippen molar-refractivity contribution in [1.29, 1.82) is 0 Å². The molecule has 25 heavy (non-hydrogen) atoms. The van der Waals surface area contributed by atoms with E-state index in [-0.39, 0.29) is 30.4 Å². The summed E-state index contributed by atoms with van der Waals surface area (Å²) in [6, 6.07) is 0. The van der Waals surface area contributed by atoms with Crippen molar-refractivity contribution < 1.29 is 19.2 Å². The summed E-state index contributed by atoms with van der Waals surface area (Å²) in [5.41, 5.74) is 1.14. The highest BCUT2D eigenvalue weighted by atomic mass is 16.2. The number of allylic oxidation sites excluding steroid dienone is 3. The Balaban J connectivity index is 1.87. The monoisotopic (exact) mass is 346 g/mol. The fourth-order valence-corrected chi connectivity index (χ4v) is 3.18. The van der Waals surface area contributed by atoms with Crippen molar-refractivity contribution in [2.24, 2.45) is 17.8 Å². The zero-order chi connectivity index (χ0) is 18.4. The Hall–Kier alpha value is -2.24. The SMILES string of the molecule is CC(C)C(CC(=O)NCC1=CC=CC1)C(=O)CC1CCNC(=O)C1=O. The smallest absolute Gasteiger partial charge is 0.287 e. The Kier molecular flexibility index (Phi) is 6.67. The Morgan fingerprint density at radius 3 is 2.72 bits per heavy atom. The first-order valence-corrected chi connectivity index (χ1v) is 8.84. The van der Waals surface area contributed by atoms with E-state index in [0.29, 0.717) is 19.5 Å². The van der Waals surface area contributed by atoms with Crippen LogP contribution in [0.25, 0.3) is 0 Å². The van der Waals surface area contributed by atoms with Crippen molar-refractivity contribution in [3.05, 3.63) is 23.8 Å². The van der Waals surface area contributed by atoms with Gasteiger partial charge in [0.1, 0.15) is 5.78 Å². The Labute approximate surface area is 148 Å². The number of piperidine rings is 1. The van der Waals surface area contributed by atoms with Gasteiger partial charge in [0, 0.05) is 37.8 Å². The number of amides is 2. The van der Waals surface area contributed by atoms with Gasteiger partial charge in [-0.15, -0.1) is 0 Å². The van der Waals surface area contributed by atoms with E-state index in [4.69, 9.17) is 0 Å². The molecule has 2 unspecified atom stereocenters. The molecule has 0 spiro atoms. The summed E-state index contributed by atoms with van der Waals surface area (Å²) < 4.78 is 0. The minimum absolute atomic E-state index is 0.00173. The van der Waals surface area contributed by atoms with Crippen LogP contribution in [0.1, 0.15) is 39.5 Å². The van der Waals surface area contributed by atoms with Gasteiger partial charge in [-0.1, -0.05) is 32.1 Å². The lowest BCUT2D eigenvalue weighted by molar-refractivity contribution is -0.143. The van der Waals surface area contributed by atoms with Gasteiger partial charge in [0.05, 0.1) is 0 Å². The largest absolute Gasteiger partial charge is 0.352 e. The predicted octanol–water partition coefficient (Wildman–Crippen LogP) is 1.32. The van der Waals surface area contributed by atoms with Gasteiger partial charge in [0.2, 0.25) is 11.7 Å². The van der Waals surface area contributed by atoms with Crippen LogP contribution in [0, 0.1) is 17.8 Å². The summed E-state index contributed by atoms with van der Waals surface area (Å²) in [4.78, 5) is 48.1. The third-order valence-electron chi connectivity index (χ3n) is 4.80. The zero-order valence-electron chi connectivity index (χ0n) is 14.8. The number of carbonyl (C=O) groups excluding carboxylic acids is 4. The summed E-state index contributed by atoms with van der Waals surface area (Å²) in [5, 5.41) is 5.34. The summed E-state index contributed by atoms with van der Waals surface area (Å²) >= 11 is 0. The number of hydrogen-bond acceptors (Lipinski definition) is 4. The molecule has 136 valence electrons. The number of Topliss-reactive ketones (excluding diaryl/α,β-unsaturated/α-hetero) is 2. The van der Waals surface area contributed by atoms with Crippen LogP contribution in [0.2, 0.25) is 0 Å². The van der Waals surface area contributed by atoms with E-state index in [2.05, 4.69) is 10.6 Å². The van der Waals surface area contributed by atoms with Crippen molar-refractivity contribution in [3.63, 3.8) is 0 Å². The third-order valence-corrected chi connectivity index (χ3v) is 4.80. The number of carbonyl (C=O) groups is 4. The fourth-order valence-electron chi connectivity index (χ4n) is 3.18. The normalized spacial score (nSPS) is 21.1. The Bertz CT molecular complexity index is 619. The van der Waals surface area contributed by atoms with Gasteiger partial charge in [-0.3, -0.25) is 19.2 Å². The van der Waals surface area contributed by atoms with Crippen LogP contribution in [0.15, 0.2) is 23.8 Å².